The zero-order chi connectivity index (χ0) is 11.3. The molecule has 0 fully saturated rings. The van der Waals surface area contributed by atoms with Gasteiger partial charge in [-0.05, 0) is 31.5 Å². The van der Waals surface area contributed by atoms with Crippen molar-refractivity contribution in [2.75, 3.05) is 13.2 Å². The van der Waals surface area contributed by atoms with Crippen molar-refractivity contribution in [3.63, 3.8) is 0 Å². The maximum atomic E-state index is 13.6. The van der Waals surface area contributed by atoms with Crippen molar-refractivity contribution in [2.45, 2.75) is 20.5 Å². The number of aliphatic hydroxyl groups excluding tert-OH is 1. The molecule has 1 aromatic carbocycles. The molecule has 0 atom stereocenters. The fourth-order valence-corrected chi connectivity index (χ4v) is 1.24. The lowest BCUT2D eigenvalue weighted by Crippen LogP contribution is -2.01. The second kappa shape index (κ2) is 5.56. The lowest BCUT2D eigenvalue weighted by Gasteiger charge is -2.11. The van der Waals surface area contributed by atoms with E-state index in [0.29, 0.717) is 18.8 Å². The number of halogens is 1. The van der Waals surface area contributed by atoms with Crippen molar-refractivity contribution in [3.8, 4) is 11.5 Å². The van der Waals surface area contributed by atoms with Crippen LogP contribution in [-0.4, -0.2) is 18.3 Å². The van der Waals surface area contributed by atoms with Crippen LogP contribution in [0.5, 0.6) is 11.5 Å². The van der Waals surface area contributed by atoms with Crippen LogP contribution in [-0.2, 0) is 6.61 Å². The molecule has 0 saturated carbocycles. The molecule has 84 valence electrons. The van der Waals surface area contributed by atoms with Gasteiger partial charge in [0.05, 0.1) is 19.8 Å². The van der Waals surface area contributed by atoms with Gasteiger partial charge in [-0.1, -0.05) is 0 Å². The van der Waals surface area contributed by atoms with E-state index in [0.717, 1.165) is 0 Å². The highest BCUT2D eigenvalue weighted by molar-refractivity contribution is 5.40. The molecule has 0 aliphatic carbocycles. The zero-order valence-corrected chi connectivity index (χ0v) is 8.92. The molecule has 15 heavy (non-hydrogen) atoms. The SMILES string of the molecule is CCOc1cc(CO)cc(OCC)c1F. The summed E-state index contributed by atoms with van der Waals surface area (Å²) in [5, 5.41) is 8.98. The Morgan fingerprint density at radius 1 is 1.13 bits per heavy atom. The average Bonchev–Trinajstić information content (AvgIpc) is 2.24. The summed E-state index contributed by atoms with van der Waals surface area (Å²) >= 11 is 0. The molecule has 4 heteroatoms. The molecular formula is C11H15FO3. The van der Waals surface area contributed by atoms with Crippen molar-refractivity contribution < 1.29 is 19.0 Å². The first-order chi connectivity index (χ1) is 7.22. The van der Waals surface area contributed by atoms with Gasteiger partial charge in [0.2, 0.25) is 5.82 Å². The van der Waals surface area contributed by atoms with Crippen molar-refractivity contribution in [1.82, 2.24) is 0 Å². The molecule has 0 bridgehead atoms. The minimum atomic E-state index is -0.518. The number of ether oxygens (including phenoxy) is 2. The van der Waals surface area contributed by atoms with Gasteiger partial charge in [0.25, 0.3) is 0 Å². The van der Waals surface area contributed by atoms with Crippen LogP contribution in [0.3, 0.4) is 0 Å². The van der Waals surface area contributed by atoms with Gasteiger partial charge < -0.3 is 14.6 Å². The third kappa shape index (κ3) is 2.83. The standard InChI is InChI=1S/C11H15FO3/c1-3-14-9-5-8(7-13)6-10(11(9)12)15-4-2/h5-6,13H,3-4,7H2,1-2H3. The maximum absolute atomic E-state index is 13.6. The van der Waals surface area contributed by atoms with Crippen LogP contribution in [0, 0.1) is 5.82 Å². The van der Waals surface area contributed by atoms with Gasteiger partial charge in [-0.15, -0.1) is 0 Å². The molecule has 1 aromatic rings. The third-order valence-corrected chi connectivity index (χ3v) is 1.85. The summed E-state index contributed by atoms with van der Waals surface area (Å²) in [7, 11) is 0. The second-order valence-electron chi connectivity index (χ2n) is 2.93. The lowest BCUT2D eigenvalue weighted by atomic mass is 10.2. The Balaban J connectivity index is 3.08. The highest BCUT2D eigenvalue weighted by atomic mass is 19.1. The highest BCUT2D eigenvalue weighted by Gasteiger charge is 2.12. The smallest absolute Gasteiger partial charge is 0.206 e. The Bertz CT molecular complexity index is 299. The van der Waals surface area contributed by atoms with Crippen LogP contribution in [0.4, 0.5) is 4.39 Å². The molecule has 0 radical (unpaired) electrons. The van der Waals surface area contributed by atoms with Gasteiger partial charge in [0.15, 0.2) is 11.5 Å². The van der Waals surface area contributed by atoms with Crippen LogP contribution in [0.15, 0.2) is 12.1 Å². The molecule has 3 nitrogen and oxygen atoms in total. The van der Waals surface area contributed by atoms with Crippen LogP contribution in [0.1, 0.15) is 19.4 Å². The van der Waals surface area contributed by atoms with Gasteiger partial charge in [0, 0.05) is 0 Å². The van der Waals surface area contributed by atoms with Gasteiger partial charge >= 0.3 is 0 Å². The maximum Gasteiger partial charge on any atom is 0.206 e. The van der Waals surface area contributed by atoms with Crippen LogP contribution in [0.2, 0.25) is 0 Å². The summed E-state index contributed by atoms with van der Waals surface area (Å²) in [4.78, 5) is 0. The Morgan fingerprint density at radius 3 is 1.93 bits per heavy atom. The van der Waals surface area contributed by atoms with E-state index in [4.69, 9.17) is 14.6 Å². The fraction of sp³-hybridized carbons (Fsp3) is 0.455. The molecule has 0 spiro atoms. The van der Waals surface area contributed by atoms with E-state index in [1.165, 1.54) is 12.1 Å². The van der Waals surface area contributed by atoms with Gasteiger partial charge in [0.1, 0.15) is 0 Å². The minimum Gasteiger partial charge on any atom is -0.491 e. The molecular weight excluding hydrogens is 199 g/mol. The summed E-state index contributed by atoms with van der Waals surface area (Å²) in [5.41, 5.74) is 0.572. The molecule has 0 aliphatic rings. The van der Waals surface area contributed by atoms with Gasteiger partial charge in [-0.3, -0.25) is 0 Å². The first kappa shape index (κ1) is 11.8. The van der Waals surface area contributed by atoms with E-state index in [-0.39, 0.29) is 18.1 Å². The topological polar surface area (TPSA) is 38.7 Å². The molecule has 0 heterocycles. The van der Waals surface area contributed by atoms with E-state index in [2.05, 4.69) is 0 Å². The first-order valence-electron chi connectivity index (χ1n) is 4.91. The summed E-state index contributed by atoms with van der Waals surface area (Å²) in [5.74, 6) is -0.282. The fourth-order valence-electron chi connectivity index (χ4n) is 1.24. The largest absolute Gasteiger partial charge is 0.491 e. The Hall–Kier alpha value is -1.29. The van der Waals surface area contributed by atoms with Crippen molar-refractivity contribution in [1.29, 1.82) is 0 Å². The molecule has 0 aliphatic heterocycles. The lowest BCUT2D eigenvalue weighted by molar-refractivity contribution is 0.270. The van der Waals surface area contributed by atoms with Crippen LogP contribution >= 0.6 is 0 Å². The molecule has 0 unspecified atom stereocenters. The first-order valence-corrected chi connectivity index (χ1v) is 4.91. The minimum absolute atomic E-state index is 0.118. The molecule has 0 aromatic heterocycles. The summed E-state index contributed by atoms with van der Waals surface area (Å²) in [6, 6.07) is 2.95. The predicted molar refractivity (Wildman–Crippen MR) is 54.7 cm³/mol. The van der Waals surface area contributed by atoms with E-state index < -0.39 is 5.82 Å². The third-order valence-electron chi connectivity index (χ3n) is 1.85. The van der Waals surface area contributed by atoms with E-state index in [1.54, 1.807) is 13.8 Å². The van der Waals surface area contributed by atoms with Crippen LogP contribution < -0.4 is 9.47 Å². The van der Waals surface area contributed by atoms with E-state index in [1.807, 2.05) is 0 Å². The Morgan fingerprint density at radius 2 is 1.60 bits per heavy atom. The van der Waals surface area contributed by atoms with Crippen molar-refractivity contribution in [2.24, 2.45) is 0 Å². The second-order valence-corrected chi connectivity index (χ2v) is 2.93. The number of rotatable bonds is 5. The number of benzene rings is 1. The summed E-state index contributed by atoms with van der Waals surface area (Å²) < 4.78 is 23.8. The quantitative estimate of drug-likeness (QED) is 0.815. The average molecular weight is 214 g/mol. The molecule has 0 amide bonds. The highest BCUT2D eigenvalue weighted by Crippen LogP contribution is 2.29. The van der Waals surface area contributed by atoms with E-state index >= 15 is 0 Å². The van der Waals surface area contributed by atoms with E-state index in [9.17, 15) is 4.39 Å². The van der Waals surface area contributed by atoms with Crippen molar-refractivity contribution in [3.05, 3.63) is 23.5 Å². The Kier molecular flexibility index (Phi) is 4.37. The Labute approximate surface area is 88.4 Å². The zero-order valence-electron chi connectivity index (χ0n) is 8.92. The predicted octanol–water partition coefficient (Wildman–Crippen LogP) is 2.12. The monoisotopic (exact) mass is 214 g/mol. The molecule has 1 rings (SSSR count). The summed E-state index contributed by atoms with van der Waals surface area (Å²) in [6.07, 6.45) is 0. The van der Waals surface area contributed by atoms with Gasteiger partial charge in [-0.2, -0.15) is 4.39 Å². The van der Waals surface area contributed by atoms with Crippen LogP contribution in [0.25, 0.3) is 0 Å². The number of hydrogen-bond acceptors (Lipinski definition) is 3. The summed E-state index contributed by atoms with van der Waals surface area (Å²) in [6.45, 7) is 4.12. The van der Waals surface area contributed by atoms with Gasteiger partial charge in [-0.25, -0.2) is 0 Å². The molecule has 1 N–H and O–H groups in total. The normalized spacial score (nSPS) is 10.1. The number of aliphatic hydroxyl groups is 1. The number of hydrogen-bond donors (Lipinski definition) is 1. The molecule has 0 saturated heterocycles. The van der Waals surface area contributed by atoms with Crippen molar-refractivity contribution >= 4 is 0 Å².